The Balaban J connectivity index is 3.50. The van der Waals surface area contributed by atoms with E-state index in [4.69, 9.17) is 10.2 Å². The molecule has 0 radical (unpaired) electrons. The van der Waals surface area contributed by atoms with Gasteiger partial charge in [0.25, 0.3) is 0 Å². The van der Waals surface area contributed by atoms with Gasteiger partial charge in [-0.25, -0.2) is 0 Å². The van der Waals surface area contributed by atoms with Crippen molar-refractivity contribution in [3.63, 3.8) is 0 Å². The Hall–Kier alpha value is -0.680. The maximum absolute atomic E-state index is 10.0. The molecule has 1 atom stereocenters. The molecule has 0 aromatic rings. The third-order valence-corrected chi connectivity index (χ3v) is 1.20. The van der Waals surface area contributed by atoms with E-state index in [-0.39, 0.29) is 13.0 Å². The van der Waals surface area contributed by atoms with E-state index in [1.54, 1.807) is 0 Å². The van der Waals surface area contributed by atoms with Crippen LogP contribution in [-0.4, -0.2) is 34.4 Å². The Bertz CT molecular complexity index is 106. The van der Waals surface area contributed by atoms with Crippen LogP contribution < -0.4 is 0 Å². The van der Waals surface area contributed by atoms with Crippen LogP contribution in [0.25, 0.3) is 0 Å². The first kappa shape index (κ1) is 9.32. The second-order valence-electron chi connectivity index (χ2n) is 1.99. The van der Waals surface area contributed by atoms with Crippen LogP contribution in [0.15, 0.2) is 0 Å². The topological polar surface area (TPSA) is 83.6 Å². The van der Waals surface area contributed by atoms with Crippen LogP contribution >= 0.6 is 0 Å². The molecule has 60 valence electrons. The zero-order valence-electron chi connectivity index (χ0n) is 5.56. The third-order valence-electron chi connectivity index (χ3n) is 1.20. The molecule has 0 spiro atoms. The fraction of sp³-hybridized carbons (Fsp3) is 1.00. The van der Waals surface area contributed by atoms with E-state index < -0.39 is 17.6 Å². The highest BCUT2D eigenvalue weighted by Crippen LogP contribution is 1.98. The van der Waals surface area contributed by atoms with Gasteiger partial charge in [-0.15, -0.1) is 0 Å². The summed E-state index contributed by atoms with van der Waals surface area (Å²) in [6.07, 6.45) is 0.603. The summed E-state index contributed by atoms with van der Waals surface area (Å²) in [7, 11) is 0. The molecule has 0 amide bonds. The monoisotopic (exact) mass is 149 g/mol. The van der Waals surface area contributed by atoms with E-state index in [0.29, 0.717) is 6.42 Å². The third kappa shape index (κ3) is 3.37. The number of aliphatic hydroxyl groups is 2. The van der Waals surface area contributed by atoms with Crippen LogP contribution in [0.3, 0.4) is 0 Å². The number of nitro groups is 1. The SMILES string of the molecule is O=[N+]([O-])C(CO)CCCO. The van der Waals surface area contributed by atoms with E-state index in [1.165, 1.54) is 0 Å². The van der Waals surface area contributed by atoms with Crippen molar-refractivity contribution < 1.29 is 15.1 Å². The zero-order chi connectivity index (χ0) is 7.98. The molecule has 0 aliphatic rings. The summed E-state index contributed by atoms with van der Waals surface area (Å²) in [5.41, 5.74) is 0. The summed E-state index contributed by atoms with van der Waals surface area (Å²) in [5.74, 6) is 0. The number of hydrogen-bond acceptors (Lipinski definition) is 4. The minimum atomic E-state index is -0.910. The summed E-state index contributed by atoms with van der Waals surface area (Å²) in [6.45, 7) is -0.517. The minimum absolute atomic E-state index is 0.0651. The Morgan fingerprint density at radius 2 is 2.10 bits per heavy atom. The van der Waals surface area contributed by atoms with Gasteiger partial charge in [0.2, 0.25) is 6.04 Å². The lowest BCUT2D eigenvalue weighted by Gasteiger charge is -2.03. The van der Waals surface area contributed by atoms with Crippen LogP contribution in [0.4, 0.5) is 0 Å². The highest BCUT2D eigenvalue weighted by molar-refractivity contribution is 4.52. The predicted molar refractivity (Wildman–Crippen MR) is 34.2 cm³/mol. The summed E-state index contributed by atoms with van der Waals surface area (Å²) < 4.78 is 0. The molecule has 0 aliphatic carbocycles. The fourth-order valence-electron chi connectivity index (χ4n) is 0.590. The van der Waals surface area contributed by atoms with Gasteiger partial charge in [-0.05, 0) is 6.42 Å². The molecule has 5 nitrogen and oxygen atoms in total. The Morgan fingerprint density at radius 3 is 2.40 bits per heavy atom. The van der Waals surface area contributed by atoms with Crippen LogP contribution in [0.2, 0.25) is 0 Å². The molecule has 0 aliphatic heterocycles. The fourth-order valence-corrected chi connectivity index (χ4v) is 0.590. The maximum Gasteiger partial charge on any atom is 0.235 e. The van der Waals surface area contributed by atoms with Gasteiger partial charge in [0.15, 0.2) is 0 Å². The lowest BCUT2D eigenvalue weighted by Crippen LogP contribution is -2.23. The second-order valence-corrected chi connectivity index (χ2v) is 1.99. The first-order valence-corrected chi connectivity index (χ1v) is 3.07. The number of nitrogens with zero attached hydrogens (tertiary/aromatic N) is 1. The summed E-state index contributed by atoms with van der Waals surface area (Å²) in [4.78, 5) is 9.47. The Kier molecular flexibility index (Phi) is 4.78. The normalized spacial score (nSPS) is 13.0. The molecule has 0 rings (SSSR count). The Morgan fingerprint density at radius 1 is 1.50 bits per heavy atom. The molecule has 2 N–H and O–H groups in total. The van der Waals surface area contributed by atoms with Gasteiger partial charge in [0, 0.05) is 18.0 Å². The maximum atomic E-state index is 10.0. The highest BCUT2D eigenvalue weighted by Gasteiger charge is 2.16. The van der Waals surface area contributed by atoms with E-state index in [9.17, 15) is 10.1 Å². The first-order chi connectivity index (χ1) is 4.72. The van der Waals surface area contributed by atoms with Gasteiger partial charge < -0.3 is 10.2 Å². The van der Waals surface area contributed by atoms with E-state index >= 15 is 0 Å². The first-order valence-electron chi connectivity index (χ1n) is 3.07. The summed E-state index contributed by atoms with van der Waals surface area (Å²) >= 11 is 0. The summed E-state index contributed by atoms with van der Waals surface area (Å²) in [5, 5.41) is 26.7. The summed E-state index contributed by atoms with van der Waals surface area (Å²) in [6, 6.07) is -0.910. The smallest absolute Gasteiger partial charge is 0.235 e. The van der Waals surface area contributed by atoms with E-state index in [0.717, 1.165) is 0 Å². The molecule has 1 unspecified atom stereocenters. The molecule has 0 saturated heterocycles. The molecule has 0 heterocycles. The van der Waals surface area contributed by atoms with E-state index in [2.05, 4.69) is 0 Å². The highest BCUT2D eigenvalue weighted by atomic mass is 16.6. The van der Waals surface area contributed by atoms with Crippen molar-refractivity contribution in [1.29, 1.82) is 0 Å². The van der Waals surface area contributed by atoms with Crippen LogP contribution in [0.1, 0.15) is 12.8 Å². The van der Waals surface area contributed by atoms with Crippen molar-refractivity contribution in [2.24, 2.45) is 0 Å². The number of hydrogen-bond donors (Lipinski definition) is 2. The van der Waals surface area contributed by atoms with Crippen molar-refractivity contribution in [2.45, 2.75) is 18.9 Å². The second kappa shape index (κ2) is 5.13. The Labute approximate surface area is 58.4 Å². The van der Waals surface area contributed by atoms with Crippen molar-refractivity contribution in [1.82, 2.24) is 0 Å². The van der Waals surface area contributed by atoms with Crippen molar-refractivity contribution >= 4 is 0 Å². The minimum Gasteiger partial charge on any atom is -0.396 e. The number of rotatable bonds is 5. The quantitative estimate of drug-likeness (QED) is 0.403. The molecule has 0 aromatic heterocycles. The predicted octanol–water partition coefficient (Wildman–Crippen LogP) is -0.604. The van der Waals surface area contributed by atoms with Crippen LogP contribution in [-0.2, 0) is 0 Å². The van der Waals surface area contributed by atoms with Gasteiger partial charge in [-0.1, -0.05) is 0 Å². The van der Waals surface area contributed by atoms with E-state index in [1.807, 2.05) is 0 Å². The molecule has 0 bridgehead atoms. The van der Waals surface area contributed by atoms with Crippen molar-refractivity contribution in [3.05, 3.63) is 10.1 Å². The van der Waals surface area contributed by atoms with Crippen LogP contribution in [0.5, 0.6) is 0 Å². The average molecular weight is 149 g/mol. The van der Waals surface area contributed by atoms with Gasteiger partial charge >= 0.3 is 0 Å². The largest absolute Gasteiger partial charge is 0.396 e. The van der Waals surface area contributed by atoms with Gasteiger partial charge in [-0.2, -0.15) is 0 Å². The van der Waals surface area contributed by atoms with Gasteiger partial charge in [-0.3, -0.25) is 10.1 Å². The zero-order valence-corrected chi connectivity index (χ0v) is 5.56. The lowest BCUT2D eigenvalue weighted by molar-refractivity contribution is -0.526. The number of aliphatic hydroxyl groups excluding tert-OH is 2. The van der Waals surface area contributed by atoms with Crippen molar-refractivity contribution in [3.8, 4) is 0 Å². The van der Waals surface area contributed by atoms with Gasteiger partial charge in [0.05, 0.1) is 0 Å². The van der Waals surface area contributed by atoms with Crippen molar-refractivity contribution in [2.75, 3.05) is 13.2 Å². The molecule has 0 saturated carbocycles. The molecular formula is C5H11NO4. The molecule has 0 fully saturated rings. The molecule has 0 aromatic carbocycles. The lowest BCUT2D eigenvalue weighted by atomic mass is 10.2. The molecule has 5 heteroatoms. The molecular weight excluding hydrogens is 138 g/mol. The standard InChI is InChI=1S/C5H11NO4/c7-3-1-2-5(4-8)6(9)10/h5,7-8H,1-4H2. The average Bonchev–Trinajstić information content (AvgIpc) is 1.89. The molecule has 10 heavy (non-hydrogen) atoms. The van der Waals surface area contributed by atoms with Crippen LogP contribution in [0, 0.1) is 10.1 Å². The van der Waals surface area contributed by atoms with Gasteiger partial charge in [0.1, 0.15) is 6.61 Å².